The zero-order valence-electron chi connectivity index (χ0n) is 6.40. The minimum atomic E-state index is 0.846. The fourth-order valence-electron chi connectivity index (χ4n) is 2.05. The molecule has 1 saturated carbocycles. The molecule has 2 nitrogen and oxygen atoms in total. The monoisotopic (exact) mass is 140 g/mol. The second-order valence-corrected chi connectivity index (χ2v) is 3.46. The van der Waals surface area contributed by atoms with Crippen LogP contribution < -0.4 is 10.6 Å². The van der Waals surface area contributed by atoms with Crippen LogP contribution in [0.25, 0.3) is 0 Å². The van der Waals surface area contributed by atoms with Gasteiger partial charge in [0.1, 0.15) is 0 Å². The van der Waals surface area contributed by atoms with Crippen molar-refractivity contribution < 1.29 is 0 Å². The zero-order chi connectivity index (χ0) is 6.81. The Labute approximate surface area is 62.4 Å². The second kappa shape index (κ2) is 2.89. The van der Waals surface area contributed by atoms with Crippen LogP contribution in [0.4, 0.5) is 0 Å². The lowest BCUT2D eigenvalue weighted by molar-refractivity contribution is 0.279. The Morgan fingerprint density at radius 2 is 1.10 bits per heavy atom. The highest BCUT2D eigenvalue weighted by Gasteiger charge is 2.21. The molecule has 0 spiro atoms. The van der Waals surface area contributed by atoms with Crippen LogP contribution >= 0.6 is 0 Å². The maximum Gasteiger partial charge on any atom is 0.00794 e. The van der Waals surface area contributed by atoms with Crippen LogP contribution in [-0.2, 0) is 0 Å². The first-order chi connectivity index (χ1) is 4.95. The van der Waals surface area contributed by atoms with Crippen molar-refractivity contribution in [3.63, 3.8) is 0 Å². The molecule has 0 atom stereocenters. The minimum absolute atomic E-state index is 0.846. The van der Waals surface area contributed by atoms with Crippen molar-refractivity contribution in [2.45, 2.75) is 37.8 Å². The fourth-order valence-corrected chi connectivity index (χ4v) is 2.05. The van der Waals surface area contributed by atoms with E-state index in [1.807, 2.05) is 0 Å². The third kappa shape index (κ3) is 1.32. The van der Waals surface area contributed by atoms with Gasteiger partial charge in [0, 0.05) is 25.2 Å². The minimum Gasteiger partial charge on any atom is -0.313 e. The predicted octanol–water partition coefficient (Wildman–Crippen LogP) is 0.490. The van der Waals surface area contributed by atoms with E-state index in [-0.39, 0.29) is 0 Å². The summed E-state index contributed by atoms with van der Waals surface area (Å²) in [5.41, 5.74) is 0. The van der Waals surface area contributed by atoms with E-state index in [2.05, 4.69) is 10.6 Å². The molecule has 2 bridgehead atoms. The third-order valence-electron chi connectivity index (χ3n) is 2.72. The summed E-state index contributed by atoms with van der Waals surface area (Å²) >= 11 is 0. The normalized spacial score (nSPS) is 40.8. The van der Waals surface area contributed by atoms with Gasteiger partial charge in [-0.1, -0.05) is 0 Å². The van der Waals surface area contributed by atoms with E-state index in [0.717, 1.165) is 12.1 Å². The van der Waals surface area contributed by atoms with Crippen LogP contribution in [0.15, 0.2) is 0 Å². The standard InChI is InChI=1S/C8H16N2/c1-2-8-4-3-7(1)9-5-6-10-8/h7-10H,1-6H2. The van der Waals surface area contributed by atoms with Crippen LogP contribution in [0, 0.1) is 0 Å². The molecule has 0 aromatic rings. The van der Waals surface area contributed by atoms with E-state index < -0.39 is 0 Å². The lowest BCUT2D eigenvalue weighted by atomic mass is 9.90. The molecule has 2 aliphatic heterocycles. The van der Waals surface area contributed by atoms with Gasteiger partial charge in [0.2, 0.25) is 0 Å². The Bertz CT molecular complexity index is 86.3. The van der Waals surface area contributed by atoms with Gasteiger partial charge in [-0.15, -0.1) is 0 Å². The number of fused-ring (bicyclic) bond motifs is 5. The van der Waals surface area contributed by atoms with Crippen LogP contribution in [0.1, 0.15) is 25.7 Å². The van der Waals surface area contributed by atoms with Gasteiger partial charge in [0.15, 0.2) is 0 Å². The maximum atomic E-state index is 3.55. The predicted molar refractivity (Wildman–Crippen MR) is 42.0 cm³/mol. The first-order valence-electron chi connectivity index (χ1n) is 4.42. The van der Waals surface area contributed by atoms with Crippen molar-refractivity contribution >= 4 is 0 Å². The highest BCUT2D eigenvalue weighted by molar-refractivity contribution is 4.83. The Hall–Kier alpha value is -0.0800. The van der Waals surface area contributed by atoms with E-state index in [1.54, 1.807) is 0 Å². The summed E-state index contributed by atoms with van der Waals surface area (Å²) in [7, 11) is 0. The summed E-state index contributed by atoms with van der Waals surface area (Å²) in [6.07, 6.45) is 5.55. The van der Waals surface area contributed by atoms with Crippen molar-refractivity contribution in [3.05, 3.63) is 0 Å². The molecule has 0 amide bonds. The molecule has 58 valence electrons. The number of rotatable bonds is 0. The van der Waals surface area contributed by atoms with E-state index in [0.29, 0.717) is 0 Å². The highest BCUT2D eigenvalue weighted by atomic mass is 15.0. The molecule has 3 aliphatic rings. The number of hydrogen-bond acceptors (Lipinski definition) is 2. The first-order valence-corrected chi connectivity index (χ1v) is 4.42. The van der Waals surface area contributed by atoms with E-state index >= 15 is 0 Å². The van der Waals surface area contributed by atoms with Crippen molar-refractivity contribution in [1.29, 1.82) is 0 Å². The molecule has 3 rings (SSSR count). The Balaban J connectivity index is 1.94. The molecule has 2 saturated heterocycles. The topological polar surface area (TPSA) is 24.1 Å². The first kappa shape index (κ1) is 6.62. The van der Waals surface area contributed by atoms with Crippen LogP contribution in [0.3, 0.4) is 0 Å². The number of nitrogens with one attached hydrogen (secondary N) is 2. The van der Waals surface area contributed by atoms with E-state index in [1.165, 1.54) is 38.8 Å². The lowest BCUT2D eigenvalue weighted by Crippen LogP contribution is -2.47. The third-order valence-corrected chi connectivity index (χ3v) is 2.72. The summed E-state index contributed by atoms with van der Waals surface area (Å²) in [6, 6.07) is 1.69. The molecular formula is C8H16N2. The van der Waals surface area contributed by atoms with Gasteiger partial charge in [-0.05, 0) is 25.7 Å². The van der Waals surface area contributed by atoms with Crippen LogP contribution in [0.5, 0.6) is 0 Å². The summed E-state index contributed by atoms with van der Waals surface area (Å²) in [5, 5.41) is 7.09. The second-order valence-electron chi connectivity index (χ2n) is 3.46. The molecule has 2 N–H and O–H groups in total. The average Bonchev–Trinajstić information content (AvgIpc) is 1.89. The van der Waals surface area contributed by atoms with Crippen molar-refractivity contribution in [2.75, 3.05) is 13.1 Å². The van der Waals surface area contributed by atoms with E-state index in [4.69, 9.17) is 0 Å². The van der Waals surface area contributed by atoms with Gasteiger partial charge in [-0.25, -0.2) is 0 Å². The van der Waals surface area contributed by atoms with Gasteiger partial charge in [0.05, 0.1) is 0 Å². The van der Waals surface area contributed by atoms with Crippen molar-refractivity contribution in [3.8, 4) is 0 Å². The summed E-state index contributed by atoms with van der Waals surface area (Å²) in [5.74, 6) is 0. The highest BCUT2D eigenvalue weighted by Crippen LogP contribution is 2.19. The molecule has 0 unspecified atom stereocenters. The molecule has 10 heavy (non-hydrogen) atoms. The largest absolute Gasteiger partial charge is 0.313 e. The number of hydrogen-bond donors (Lipinski definition) is 2. The summed E-state index contributed by atoms with van der Waals surface area (Å²) in [4.78, 5) is 0. The maximum absolute atomic E-state index is 3.55. The van der Waals surface area contributed by atoms with Gasteiger partial charge in [-0.2, -0.15) is 0 Å². The van der Waals surface area contributed by atoms with Crippen LogP contribution in [-0.4, -0.2) is 25.2 Å². The van der Waals surface area contributed by atoms with Crippen LogP contribution in [0.2, 0.25) is 0 Å². The van der Waals surface area contributed by atoms with Gasteiger partial charge < -0.3 is 10.6 Å². The Morgan fingerprint density at radius 3 is 1.50 bits per heavy atom. The van der Waals surface area contributed by atoms with Crippen molar-refractivity contribution in [1.82, 2.24) is 10.6 Å². The van der Waals surface area contributed by atoms with Gasteiger partial charge in [0.25, 0.3) is 0 Å². The summed E-state index contributed by atoms with van der Waals surface area (Å²) < 4.78 is 0. The summed E-state index contributed by atoms with van der Waals surface area (Å²) in [6.45, 7) is 2.34. The van der Waals surface area contributed by atoms with Gasteiger partial charge >= 0.3 is 0 Å². The molecule has 2 heteroatoms. The molecule has 0 radical (unpaired) electrons. The van der Waals surface area contributed by atoms with Gasteiger partial charge in [-0.3, -0.25) is 0 Å². The molecule has 2 heterocycles. The molecule has 0 aromatic carbocycles. The smallest absolute Gasteiger partial charge is 0.00794 e. The van der Waals surface area contributed by atoms with Crippen molar-refractivity contribution in [2.24, 2.45) is 0 Å². The lowest BCUT2D eigenvalue weighted by Gasteiger charge is -2.33. The SMILES string of the molecule is C1CNC2CCC(CC2)N1. The Morgan fingerprint density at radius 1 is 0.700 bits per heavy atom. The van der Waals surface area contributed by atoms with E-state index in [9.17, 15) is 0 Å². The molecule has 3 fully saturated rings. The fraction of sp³-hybridized carbons (Fsp3) is 1.00. The quantitative estimate of drug-likeness (QED) is 0.511. The Kier molecular flexibility index (Phi) is 1.91. The molecular weight excluding hydrogens is 124 g/mol. The average molecular weight is 140 g/mol. The zero-order valence-corrected chi connectivity index (χ0v) is 6.40. The molecule has 1 aliphatic carbocycles. The molecule has 0 aromatic heterocycles.